The van der Waals surface area contributed by atoms with E-state index < -0.39 is 5.60 Å². The van der Waals surface area contributed by atoms with Crippen LogP contribution in [0.15, 0.2) is 24.3 Å². The highest BCUT2D eigenvalue weighted by atomic mass is 16.6. The first-order valence-corrected chi connectivity index (χ1v) is 7.83. The summed E-state index contributed by atoms with van der Waals surface area (Å²) in [6.45, 7) is 7.40. The highest BCUT2D eigenvalue weighted by Gasteiger charge is 2.28. The second kappa shape index (κ2) is 7.00. The van der Waals surface area contributed by atoms with Crippen molar-refractivity contribution in [2.75, 3.05) is 26.7 Å². The summed E-state index contributed by atoms with van der Waals surface area (Å²) >= 11 is 0. The van der Waals surface area contributed by atoms with Crippen LogP contribution in [0.4, 0.5) is 4.79 Å². The Morgan fingerprint density at radius 1 is 1.35 bits per heavy atom. The van der Waals surface area contributed by atoms with Gasteiger partial charge in [-0.25, -0.2) is 4.79 Å². The molecule has 2 amide bonds. The fourth-order valence-electron chi connectivity index (χ4n) is 2.51. The molecule has 1 heterocycles. The number of piperazine rings is 1. The molecule has 6 heteroatoms. The van der Waals surface area contributed by atoms with Gasteiger partial charge in [0, 0.05) is 32.2 Å². The fraction of sp³-hybridized carbons (Fsp3) is 0.529. The Balaban J connectivity index is 2.09. The first-order chi connectivity index (χ1) is 10.8. The molecule has 1 aliphatic rings. The lowest BCUT2D eigenvalue weighted by Gasteiger charge is -2.35. The highest BCUT2D eigenvalue weighted by Crippen LogP contribution is 2.20. The molecular weight excluding hydrogens is 294 g/mol. The summed E-state index contributed by atoms with van der Waals surface area (Å²) in [6, 6.07) is 7.43. The molecule has 2 rings (SSSR count). The third-order valence-corrected chi connectivity index (χ3v) is 3.61. The van der Waals surface area contributed by atoms with E-state index >= 15 is 0 Å². The lowest BCUT2D eigenvalue weighted by atomic mass is 10.0. The van der Waals surface area contributed by atoms with Gasteiger partial charge in [0.15, 0.2) is 0 Å². The number of amides is 2. The lowest BCUT2D eigenvalue weighted by molar-refractivity contribution is 0.0195. The van der Waals surface area contributed by atoms with Crippen molar-refractivity contribution in [2.24, 2.45) is 0 Å². The van der Waals surface area contributed by atoms with Crippen LogP contribution in [0.5, 0.6) is 0 Å². The van der Waals surface area contributed by atoms with Crippen LogP contribution in [0, 0.1) is 0 Å². The van der Waals surface area contributed by atoms with Crippen LogP contribution in [-0.4, -0.2) is 49.2 Å². The second-order valence-corrected chi connectivity index (χ2v) is 6.64. The number of nitrogens with one attached hydrogen (secondary N) is 2. The predicted molar refractivity (Wildman–Crippen MR) is 88.4 cm³/mol. The zero-order valence-corrected chi connectivity index (χ0v) is 14.2. The predicted octanol–water partition coefficient (Wildman–Crippen LogP) is 1.93. The number of nitrogens with zero attached hydrogens (tertiary/aromatic N) is 1. The normalized spacial score (nSPS) is 18.4. The minimum Gasteiger partial charge on any atom is -0.444 e. The standard InChI is InChI=1S/C17H25N3O3/c1-17(2,3)23-16(22)20-9-8-19-14(11-20)12-6-5-7-13(10-12)15(21)18-4/h5-7,10,14,19H,8-9,11H2,1-4H3,(H,18,21)/t14-/m1/s1. The summed E-state index contributed by atoms with van der Waals surface area (Å²) in [6.07, 6.45) is -0.300. The molecule has 0 aliphatic carbocycles. The molecule has 0 radical (unpaired) electrons. The van der Waals surface area contributed by atoms with Gasteiger partial charge in [0.05, 0.1) is 6.04 Å². The van der Waals surface area contributed by atoms with E-state index in [2.05, 4.69) is 10.6 Å². The molecule has 1 aromatic carbocycles. The Morgan fingerprint density at radius 3 is 2.74 bits per heavy atom. The van der Waals surface area contributed by atoms with E-state index in [9.17, 15) is 9.59 Å². The molecule has 1 aromatic rings. The molecule has 1 atom stereocenters. The third kappa shape index (κ3) is 4.69. The van der Waals surface area contributed by atoms with Gasteiger partial charge < -0.3 is 20.3 Å². The third-order valence-electron chi connectivity index (χ3n) is 3.61. The number of ether oxygens (including phenoxy) is 1. The molecule has 0 bridgehead atoms. The van der Waals surface area contributed by atoms with Gasteiger partial charge in [-0.1, -0.05) is 12.1 Å². The van der Waals surface area contributed by atoms with Crippen LogP contribution < -0.4 is 10.6 Å². The molecular formula is C17H25N3O3. The molecule has 0 saturated carbocycles. The van der Waals surface area contributed by atoms with Crippen molar-refractivity contribution >= 4 is 12.0 Å². The Morgan fingerprint density at radius 2 is 2.09 bits per heavy atom. The van der Waals surface area contributed by atoms with E-state index in [-0.39, 0.29) is 18.0 Å². The molecule has 0 spiro atoms. The first kappa shape index (κ1) is 17.3. The molecule has 126 valence electrons. The van der Waals surface area contributed by atoms with Gasteiger partial charge >= 0.3 is 6.09 Å². The van der Waals surface area contributed by atoms with Crippen molar-refractivity contribution in [1.29, 1.82) is 0 Å². The number of hydrogen-bond donors (Lipinski definition) is 2. The van der Waals surface area contributed by atoms with Gasteiger partial charge in [0.25, 0.3) is 5.91 Å². The van der Waals surface area contributed by atoms with Crippen molar-refractivity contribution in [3.8, 4) is 0 Å². The van der Waals surface area contributed by atoms with E-state index in [1.807, 2.05) is 39.0 Å². The quantitative estimate of drug-likeness (QED) is 0.874. The molecule has 1 aliphatic heterocycles. The highest BCUT2D eigenvalue weighted by molar-refractivity contribution is 5.94. The lowest BCUT2D eigenvalue weighted by Crippen LogP contribution is -2.49. The van der Waals surface area contributed by atoms with E-state index in [0.717, 1.165) is 5.56 Å². The topological polar surface area (TPSA) is 70.7 Å². The average Bonchev–Trinajstić information content (AvgIpc) is 2.53. The number of rotatable bonds is 2. The van der Waals surface area contributed by atoms with Crippen LogP contribution in [0.25, 0.3) is 0 Å². The molecule has 1 saturated heterocycles. The number of benzene rings is 1. The smallest absolute Gasteiger partial charge is 0.410 e. The zero-order valence-electron chi connectivity index (χ0n) is 14.2. The van der Waals surface area contributed by atoms with Gasteiger partial charge in [-0.3, -0.25) is 4.79 Å². The van der Waals surface area contributed by atoms with Crippen LogP contribution >= 0.6 is 0 Å². The Labute approximate surface area is 137 Å². The summed E-state index contributed by atoms with van der Waals surface area (Å²) in [5, 5.41) is 6.01. The SMILES string of the molecule is CNC(=O)c1cccc([C@H]2CN(C(=O)OC(C)(C)C)CCN2)c1. The molecule has 2 N–H and O–H groups in total. The summed E-state index contributed by atoms with van der Waals surface area (Å²) < 4.78 is 5.44. The molecule has 23 heavy (non-hydrogen) atoms. The van der Waals surface area contributed by atoms with E-state index in [4.69, 9.17) is 4.74 Å². The van der Waals surface area contributed by atoms with Crippen molar-refractivity contribution < 1.29 is 14.3 Å². The minimum absolute atomic E-state index is 0.0131. The second-order valence-electron chi connectivity index (χ2n) is 6.64. The van der Waals surface area contributed by atoms with Crippen molar-refractivity contribution in [2.45, 2.75) is 32.4 Å². The van der Waals surface area contributed by atoms with Gasteiger partial charge in [0.1, 0.15) is 5.60 Å². The van der Waals surface area contributed by atoms with E-state index in [0.29, 0.717) is 25.2 Å². The number of carbonyl (C=O) groups excluding carboxylic acids is 2. The van der Waals surface area contributed by atoms with Gasteiger partial charge in [-0.15, -0.1) is 0 Å². The summed E-state index contributed by atoms with van der Waals surface area (Å²) in [5.74, 6) is -0.119. The van der Waals surface area contributed by atoms with E-state index in [1.165, 1.54) is 0 Å². The maximum Gasteiger partial charge on any atom is 0.410 e. The van der Waals surface area contributed by atoms with Gasteiger partial charge in [0.2, 0.25) is 0 Å². The van der Waals surface area contributed by atoms with Crippen LogP contribution in [-0.2, 0) is 4.74 Å². The Kier molecular flexibility index (Phi) is 5.26. The maximum atomic E-state index is 12.2. The largest absolute Gasteiger partial charge is 0.444 e. The monoisotopic (exact) mass is 319 g/mol. The number of carbonyl (C=O) groups is 2. The summed E-state index contributed by atoms with van der Waals surface area (Å²) in [5.41, 5.74) is 1.09. The molecule has 6 nitrogen and oxygen atoms in total. The van der Waals surface area contributed by atoms with Crippen molar-refractivity contribution in [3.63, 3.8) is 0 Å². The summed E-state index contributed by atoms with van der Waals surface area (Å²) in [7, 11) is 1.61. The Bertz CT molecular complexity index is 581. The van der Waals surface area contributed by atoms with Crippen molar-refractivity contribution in [3.05, 3.63) is 35.4 Å². The van der Waals surface area contributed by atoms with Crippen LogP contribution in [0.1, 0.15) is 42.7 Å². The maximum absolute atomic E-state index is 12.2. The van der Waals surface area contributed by atoms with Gasteiger partial charge in [-0.05, 0) is 38.5 Å². The van der Waals surface area contributed by atoms with Gasteiger partial charge in [-0.2, -0.15) is 0 Å². The molecule has 0 unspecified atom stereocenters. The molecule has 1 fully saturated rings. The Hall–Kier alpha value is -2.08. The van der Waals surface area contributed by atoms with E-state index in [1.54, 1.807) is 18.0 Å². The average molecular weight is 319 g/mol. The minimum atomic E-state index is -0.503. The molecule has 0 aromatic heterocycles. The number of hydrogen-bond acceptors (Lipinski definition) is 4. The van der Waals surface area contributed by atoms with Crippen LogP contribution in [0.2, 0.25) is 0 Å². The summed E-state index contributed by atoms with van der Waals surface area (Å²) in [4.78, 5) is 25.7. The fourth-order valence-corrected chi connectivity index (χ4v) is 2.51. The zero-order chi connectivity index (χ0) is 17.0. The van der Waals surface area contributed by atoms with Crippen LogP contribution in [0.3, 0.4) is 0 Å². The first-order valence-electron chi connectivity index (χ1n) is 7.83. The van der Waals surface area contributed by atoms with Crippen molar-refractivity contribution in [1.82, 2.24) is 15.5 Å².